The molecule has 0 bridgehead atoms. The SMILES string of the molecule is CNCC(C)c1csc(-c2cccc(C)c2)c1. The van der Waals surface area contributed by atoms with Gasteiger partial charge in [0.25, 0.3) is 0 Å². The van der Waals surface area contributed by atoms with Crippen molar-refractivity contribution >= 4 is 11.3 Å². The van der Waals surface area contributed by atoms with Crippen LogP contribution >= 0.6 is 11.3 Å². The Hall–Kier alpha value is -1.12. The second kappa shape index (κ2) is 5.48. The van der Waals surface area contributed by atoms with Crippen molar-refractivity contribution in [2.45, 2.75) is 19.8 Å². The molecule has 1 atom stereocenters. The lowest BCUT2D eigenvalue weighted by Crippen LogP contribution is -2.14. The van der Waals surface area contributed by atoms with Crippen molar-refractivity contribution in [3.8, 4) is 10.4 Å². The Labute approximate surface area is 108 Å². The first-order valence-corrected chi connectivity index (χ1v) is 6.88. The van der Waals surface area contributed by atoms with E-state index in [4.69, 9.17) is 0 Å². The van der Waals surface area contributed by atoms with Crippen LogP contribution in [0.4, 0.5) is 0 Å². The molecule has 0 saturated heterocycles. The molecule has 0 aliphatic heterocycles. The molecule has 1 heterocycles. The molecule has 0 fully saturated rings. The number of benzene rings is 1. The van der Waals surface area contributed by atoms with E-state index in [1.54, 1.807) is 0 Å². The first-order chi connectivity index (χ1) is 8.20. The molecule has 90 valence electrons. The molecule has 0 amide bonds. The van der Waals surface area contributed by atoms with Gasteiger partial charge in [0.2, 0.25) is 0 Å². The maximum Gasteiger partial charge on any atom is 0.0345 e. The van der Waals surface area contributed by atoms with Crippen LogP contribution in [-0.2, 0) is 0 Å². The van der Waals surface area contributed by atoms with Crippen LogP contribution in [0.5, 0.6) is 0 Å². The van der Waals surface area contributed by atoms with Crippen molar-refractivity contribution in [3.05, 3.63) is 46.8 Å². The second-order valence-electron chi connectivity index (χ2n) is 4.57. The number of hydrogen-bond donors (Lipinski definition) is 1. The molecular formula is C15H19NS. The fourth-order valence-electron chi connectivity index (χ4n) is 1.98. The zero-order valence-corrected chi connectivity index (χ0v) is 11.5. The number of likely N-dealkylation sites (N-methyl/N-ethyl adjacent to an activating group) is 1. The molecule has 1 unspecified atom stereocenters. The average Bonchev–Trinajstić information content (AvgIpc) is 2.78. The maximum absolute atomic E-state index is 3.23. The standard InChI is InChI=1S/C15H19NS/c1-11-5-4-6-13(7-11)15-8-14(10-17-15)12(2)9-16-3/h4-8,10,12,16H,9H2,1-3H3. The minimum Gasteiger partial charge on any atom is -0.319 e. The average molecular weight is 245 g/mol. The molecule has 0 saturated carbocycles. The van der Waals surface area contributed by atoms with E-state index < -0.39 is 0 Å². The predicted molar refractivity (Wildman–Crippen MR) is 76.8 cm³/mol. The molecule has 0 aliphatic rings. The monoisotopic (exact) mass is 245 g/mol. The van der Waals surface area contributed by atoms with E-state index in [1.165, 1.54) is 21.6 Å². The second-order valence-corrected chi connectivity index (χ2v) is 5.48. The summed E-state index contributed by atoms with van der Waals surface area (Å²) in [4.78, 5) is 1.37. The third-order valence-electron chi connectivity index (χ3n) is 3.00. The van der Waals surface area contributed by atoms with Crippen molar-refractivity contribution < 1.29 is 0 Å². The molecule has 2 heteroatoms. The molecule has 1 aromatic carbocycles. The zero-order chi connectivity index (χ0) is 12.3. The van der Waals surface area contributed by atoms with Gasteiger partial charge in [0.1, 0.15) is 0 Å². The van der Waals surface area contributed by atoms with Gasteiger partial charge in [-0.15, -0.1) is 11.3 Å². The number of rotatable bonds is 4. The Morgan fingerprint density at radius 2 is 2.12 bits per heavy atom. The molecule has 1 aromatic heterocycles. The summed E-state index contributed by atoms with van der Waals surface area (Å²) in [5, 5.41) is 5.51. The largest absolute Gasteiger partial charge is 0.319 e. The van der Waals surface area contributed by atoms with E-state index in [0.717, 1.165) is 6.54 Å². The summed E-state index contributed by atoms with van der Waals surface area (Å²) in [7, 11) is 2.00. The van der Waals surface area contributed by atoms with Gasteiger partial charge >= 0.3 is 0 Å². The van der Waals surface area contributed by atoms with Crippen LogP contribution < -0.4 is 5.32 Å². The van der Waals surface area contributed by atoms with Crippen LogP contribution in [0, 0.1) is 6.92 Å². The van der Waals surface area contributed by atoms with Gasteiger partial charge in [0.05, 0.1) is 0 Å². The van der Waals surface area contributed by atoms with Crippen molar-refractivity contribution in [3.63, 3.8) is 0 Å². The molecule has 0 aliphatic carbocycles. The molecule has 1 N–H and O–H groups in total. The maximum atomic E-state index is 3.23. The smallest absolute Gasteiger partial charge is 0.0345 e. The van der Waals surface area contributed by atoms with Crippen molar-refractivity contribution in [2.24, 2.45) is 0 Å². The number of aryl methyl sites for hydroxylation is 1. The third-order valence-corrected chi connectivity index (χ3v) is 4.00. The van der Waals surface area contributed by atoms with Gasteiger partial charge < -0.3 is 5.32 Å². The molecule has 2 aromatic rings. The van der Waals surface area contributed by atoms with E-state index >= 15 is 0 Å². The Kier molecular flexibility index (Phi) is 3.97. The van der Waals surface area contributed by atoms with Crippen LogP contribution in [0.15, 0.2) is 35.7 Å². The molecule has 1 nitrogen and oxygen atoms in total. The van der Waals surface area contributed by atoms with E-state index in [1.807, 2.05) is 18.4 Å². The molecule has 0 radical (unpaired) electrons. The first-order valence-electron chi connectivity index (χ1n) is 6.01. The predicted octanol–water partition coefficient (Wildman–Crippen LogP) is 4.05. The number of hydrogen-bond acceptors (Lipinski definition) is 2. The minimum absolute atomic E-state index is 0.579. The number of nitrogens with one attached hydrogen (secondary N) is 1. The summed E-state index contributed by atoms with van der Waals surface area (Å²) < 4.78 is 0. The van der Waals surface area contributed by atoms with Gasteiger partial charge in [0, 0.05) is 11.4 Å². The van der Waals surface area contributed by atoms with Gasteiger partial charge in [-0.1, -0.05) is 36.8 Å². The topological polar surface area (TPSA) is 12.0 Å². The van der Waals surface area contributed by atoms with Gasteiger partial charge in [0.15, 0.2) is 0 Å². The lowest BCUT2D eigenvalue weighted by atomic mass is 10.0. The van der Waals surface area contributed by atoms with Gasteiger partial charge in [-0.3, -0.25) is 0 Å². The van der Waals surface area contributed by atoms with E-state index in [2.05, 4.69) is 54.9 Å². The van der Waals surface area contributed by atoms with Gasteiger partial charge in [-0.25, -0.2) is 0 Å². The number of thiophene rings is 1. The lowest BCUT2D eigenvalue weighted by Gasteiger charge is -2.07. The van der Waals surface area contributed by atoms with Crippen LogP contribution in [0.1, 0.15) is 24.0 Å². The van der Waals surface area contributed by atoms with E-state index in [-0.39, 0.29) is 0 Å². The van der Waals surface area contributed by atoms with E-state index in [9.17, 15) is 0 Å². The Morgan fingerprint density at radius 1 is 1.29 bits per heavy atom. The fourth-order valence-corrected chi connectivity index (χ4v) is 3.01. The Morgan fingerprint density at radius 3 is 2.82 bits per heavy atom. The van der Waals surface area contributed by atoms with E-state index in [0.29, 0.717) is 5.92 Å². The summed E-state index contributed by atoms with van der Waals surface area (Å²) in [6, 6.07) is 11.0. The van der Waals surface area contributed by atoms with Crippen molar-refractivity contribution in [1.82, 2.24) is 5.32 Å². The third kappa shape index (κ3) is 2.96. The summed E-state index contributed by atoms with van der Waals surface area (Å²) in [6.45, 7) is 5.43. The lowest BCUT2D eigenvalue weighted by molar-refractivity contribution is 0.680. The Balaban J connectivity index is 2.23. The molecule has 17 heavy (non-hydrogen) atoms. The minimum atomic E-state index is 0.579. The molecule has 0 spiro atoms. The van der Waals surface area contributed by atoms with Crippen molar-refractivity contribution in [2.75, 3.05) is 13.6 Å². The highest BCUT2D eigenvalue weighted by Gasteiger charge is 2.08. The normalized spacial score (nSPS) is 12.6. The van der Waals surface area contributed by atoms with Gasteiger partial charge in [-0.05, 0) is 42.5 Å². The summed E-state index contributed by atoms with van der Waals surface area (Å²) in [6.07, 6.45) is 0. The highest BCUT2D eigenvalue weighted by atomic mass is 32.1. The highest BCUT2D eigenvalue weighted by Crippen LogP contribution is 2.30. The van der Waals surface area contributed by atoms with Crippen LogP contribution in [0.2, 0.25) is 0 Å². The van der Waals surface area contributed by atoms with Crippen LogP contribution in [0.25, 0.3) is 10.4 Å². The summed E-state index contributed by atoms with van der Waals surface area (Å²) in [5.41, 5.74) is 4.08. The van der Waals surface area contributed by atoms with Crippen LogP contribution in [0.3, 0.4) is 0 Å². The van der Waals surface area contributed by atoms with Crippen molar-refractivity contribution in [1.29, 1.82) is 0 Å². The summed E-state index contributed by atoms with van der Waals surface area (Å²) in [5.74, 6) is 0.579. The quantitative estimate of drug-likeness (QED) is 0.857. The first kappa shape index (κ1) is 12.3. The fraction of sp³-hybridized carbons (Fsp3) is 0.333. The zero-order valence-electron chi connectivity index (χ0n) is 10.7. The highest BCUT2D eigenvalue weighted by molar-refractivity contribution is 7.13. The molecule has 2 rings (SSSR count). The van der Waals surface area contributed by atoms with Crippen LogP contribution in [-0.4, -0.2) is 13.6 Å². The molecular weight excluding hydrogens is 226 g/mol. The summed E-state index contributed by atoms with van der Waals surface area (Å²) >= 11 is 1.84. The Bertz CT molecular complexity index is 487. The van der Waals surface area contributed by atoms with Gasteiger partial charge in [-0.2, -0.15) is 0 Å².